The lowest BCUT2D eigenvalue weighted by atomic mass is 10.00. The van der Waals surface area contributed by atoms with Crippen molar-refractivity contribution in [3.05, 3.63) is 48.0 Å². The molecular weight excluding hydrogens is 261 g/mol. The zero-order chi connectivity index (χ0) is 14.9. The number of hydrogen-bond acceptors (Lipinski definition) is 1. The summed E-state index contributed by atoms with van der Waals surface area (Å²) in [5, 5.41) is 3.07. The van der Waals surface area contributed by atoms with Crippen molar-refractivity contribution in [2.45, 2.75) is 38.9 Å². The van der Waals surface area contributed by atoms with E-state index >= 15 is 0 Å². The lowest BCUT2D eigenvalue weighted by Gasteiger charge is -2.39. The van der Waals surface area contributed by atoms with Gasteiger partial charge in [-0.1, -0.05) is 63.2 Å². The Balaban J connectivity index is 2.39. The van der Waals surface area contributed by atoms with E-state index in [4.69, 9.17) is 0 Å². The van der Waals surface area contributed by atoms with Gasteiger partial charge in [0.05, 0.1) is 0 Å². The third kappa shape index (κ3) is 3.05. The third-order valence-electron chi connectivity index (χ3n) is 4.28. The molecule has 0 heterocycles. The van der Waals surface area contributed by atoms with E-state index in [-0.39, 0.29) is 8.07 Å². The zero-order valence-electron chi connectivity index (χ0n) is 13.5. The number of rotatable bonds is 3. The van der Waals surface area contributed by atoms with E-state index in [0.717, 1.165) is 0 Å². The van der Waals surface area contributed by atoms with Crippen LogP contribution in [0.2, 0.25) is 0 Å². The van der Waals surface area contributed by atoms with E-state index in [2.05, 4.69) is 88.5 Å². The molecule has 0 amide bonds. The van der Waals surface area contributed by atoms with Gasteiger partial charge in [0.1, 0.15) is 0 Å². The quantitative estimate of drug-likeness (QED) is 0.659. The molecule has 0 unspecified atom stereocenters. The maximum absolute atomic E-state index is 2.55. The lowest BCUT2D eigenvalue weighted by molar-refractivity contribution is 0.430. The van der Waals surface area contributed by atoms with Crippen LogP contribution in [0.25, 0.3) is 10.8 Å². The van der Waals surface area contributed by atoms with Crippen molar-refractivity contribution >= 4 is 18.8 Å². The molecule has 0 aliphatic rings. The molecule has 0 radical (unpaired) electrons. The van der Waals surface area contributed by atoms with Crippen LogP contribution in [0.5, 0.6) is 0 Å². The Kier molecular flexibility index (Phi) is 4.52. The predicted octanol–water partition coefficient (Wildman–Crippen LogP) is 5.66. The lowest BCUT2D eigenvalue weighted by Crippen LogP contribution is -2.26. The molecule has 0 N–H and O–H groups in total. The molecule has 2 heteroatoms. The largest absolute Gasteiger partial charge is 0.278 e. The van der Waals surface area contributed by atoms with Crippen LogP contribution in [0, 0.1) is 0 Å². The first-order valence-corrected chi connectivity index (χ1v) is 9.01. The van der Waals surface area contributed by atoms with Crippen LogP contribution < -0.4 is 0 Å². The van der Waals surface area contributed by atoms with Crippen molar-refractivity contribution in [1.82, 2.24) is 4.67 Å². The van der Waals surface area contributed by atoms with Crippen molar-refractivity contribution in [3.63, 3.8) is 0 Å². The monoisotopic (exact) mass is 287 g/mol. The smallest absolute Gasteiger partial charge is 0.0359 e. The van der Waals surface area contributed by atoms with Crippen LogP contribution in [-0.2, 0) is 0 Å². The second-order valence-electron chi connectivity index (χ2n) is 6.51. The van der Waals surface area contributed by atoms with Crippen molar-refractivity contribution < 1.29 is 0 Å². The van der Waals surface area contributed by atoms with E-state index in [1.807, 2.05) is 0 Å². The van der Waals surface area contributed by atoms with Gasteiger partial charge in [0, 0.05) is 6.04 Å². The summed E-state index contributed by atoms with van der Waals surface area (Å²) in [6, 6.07) is 15.8. The van der Waals surface area contributed by atoms with Crippen LogP contribution >= 0.6 is 8.07 Å². The molecule has 0 aromatic heterocycles. The van der Waals surface area contributed by atoms with Gasteiger partial charge in [-0.25, -0.2) is 0 Å². The minimum absolute atomic E-state index is 0.168. The van der Waals surface area contributed by atoms with Gasteiger partial charge in [-0.2, -0.15) is 0 Å². The van der Waals surface area contributed by atoms with Gasteiger partial charge in [0.2, 0.25) is 0 Å². The summed E-state index contributed by atoms with van der Waals surface area (Å²) in [7, 11) is 2.10. The number of hydrogen-bond donors (Lipinski definition) is 0. The standard InChI is InChI=1S/C18H26NP/c1-14(19(5)20(6)18(2,3)4)16-13-9-11-15-10-7-8-12-17(15)16/h7-14H,1-6H3/t14-,20+/m0/s1. The second kappa shape index (κ2) is 5.84. The molecule has 0 aliphatic carbocycles. The minimum Gasteiger partial charge on any atom is -0.278 e. The van der Waals surface area contributed by atoms with Gasteiger partial charge in [-0.05, 0) is 50.2 Å². The number of fused-ring (bicyclic) bond motifs is 1. The number of benzene rings is 2. The van der Waals surface area contributed by atoms with Gasteiger partial charge in [0.15, 0.2) is 0 Å². The summed E-state index contributed by atoms with van der Waals surface area (Å²) in [5.41, 5.74) is 1.43. The first-order valence-electron chi connectivity index (χ1n) is 7.26. The average Bonchev–Trinajstić information content (AvgIpc) is 2.43. The molecule has 2 atom stereocenters. The fraction of sp³-hybridized carbons (Fsp3) is 0.444. The SMILES string of the molecule is C[C@@H](c1cccc2ccccc12)N(C)[P@](C)C(C)(C)C. The molecule has 0 spiro atoms. The van der Waals surface area contributed by atoms with Gasteiger partial charge in [0.25, 0.3) is 0 Å². The molecule has 2 aromatic rings. The summed E-state index contributed by atoms with van der Waals surface area (Å²) in [5.74, 6) is 0. The summed E-state index contributed by atoms with van der Waals surface area (Å²) in [6.07, 6.45) is 0. The summed E-state index contributed by atoms with van der Waals surface area (Å²) < 4.78 is 2.55. The highest BCUT2D eigenvalue weighted by Crippen LogP contribution is 2.52. The Labute approximate surface area is 124 Å². The molecule has 0 saturated heterocycles. The average molecular weight is 287 g/mol. The van der Waals surface area contributed by atoms with Gasteiger partial charge < -0.3 is 0 Å². The number of nitrogens with zero attached hydrogens (tertiary/aromatic N) is 1. The first-order chi connectivity index (χ1) is 9.32. The first kappa shape index (κ1) is 15.5. The molecular formula is C18H26NP. The highest BCUT2D eigenvalue weighted by molar-refractivity contribution is 7.55. The molecule has 1 nitrogen and oxygen atoms in total. The fourth-order valence-corrected chi connectivity index (χ4v) is 4.14. The molecule has 2 aromatic carbocycles. The van der Waals surface area contributed by atoms with Gasteiger partial charge in [-0.15, -0.1) is 0 Å². The van der Waals surface area contributed by atoms with Crippen LogP contribution in [0.3, 0.4) is 0 Å². The van der Waals surface area contributed by atoms with E-state index in [0.29, 0.717) is 11.2 Å². The highest BCUT2D eigenvalue weighted by Gasteiger charge is 2.27. The topological polar surface area (TPSA) is 3.24 Å². The maximum Gasteiger partial charge on any atom is 0.0359 e. The van der Waals surface area contributed by atoms with Gasteiger partial charge in [-0.3, -0.25) is 4.67 Å². The summed E-state index contributed by atoms with van der Waals surface area (Å²) >= 11 is 0. The predicted molar refractivity (Wildman–Crippen MR) is 92.7 cm³/mol. The normalized spacial score (nSPS) is 15.6. The van der Waals surface area contributed by atoms with E-state index in [9.17, 15) is 0 Å². The van der Waals surface area contributed by atoms with Crippen LogP contribution in [-0.4, -0.2) is 23.5 Å². The Bertz CT molecular complexity index is 580. The van der Waals surface area contributed by atoms with Crippen molar-refractivity contribution in [3.8, 4) is 0 Å². The Morgan fingerprint density at radius 1 is 1.00 bits per heavy atom. The second-order valence-corrected chi connectivity index (χ2v) is 9.53. The summed E-state index contributed by atoms with van der Waals surface area (Å²) in [4.78, 5) is 0. The maximum atomic E-state index is 2.55. The highest BCUT2D eigenvalue weighted by atomic mass is 31.1. The van der Waals surface area contributed by atoms with E-state index in [1.54, 1.807) is 0 Å². The molecule has 20 heavy (non-hydrogen) atoms. The molecule has 0 bridgehead atoms. The molecule has 2 rings (SSSR count). The fourth-order valence-electron chi connectivity index (χ4n) is 2.55. The molecule has 108 valence electrons. The van der Waals surface area contributed by atoms with E-state index < -0.39 is 0 Å². The van der Waals surface area contributed by atoms with Crippen LogP contribution in [0.1, 0.15) is 39.3 Å². The zero-order valence-corrected chi connectivity index (χ0v) is 14.4. The minimum atomic E-state index is -0.168. The Hall–Kier alpha value is -0.910. The Morgan fingerprint density at radius 3 is 2.25 bits per heavy atom. The Morgan fingerprint density at radius 2 is 1.60 bits per heavy atom. The van der Waals surface area contributed by atoms with Crippen molar-refractivity contribution in [1.29, 1.82) is 0 Å². The van der Waals surface area contributed by atoms with Crippen LogP contribution in [0.15, 0.2) is 42.5 Å². The molecule has 0 aliphatic heterocycles. The summed E-state index contributed by atoms with van der Waals surface area (Å²) in [6.45, 7) is 11.7. The van der Waals surface area contributed by atoms with E-state index in [1.165, 1.54) is 16.3 Å². The van der Waals surface area contributed by atoms with Crippen molar-refractivity contribution in [2.24, 2.45) is 0 Å². The molecule has 0 fully saturated rings. The molecule has 0 saturated carbocycles. The third-order valence-corrected chi connectivity index (χ3v) is 7.51. The van der Waals surface area contributed by atoms with Crippen molar-refractivity contribution in [2.75, 3.05) is 13.7 Å². The van der Waals surface area contributed by atoms with Crippen LogP contribution in [0.4, 0.5) is 0 Å². The van der Waals surface area contributed by atoms with Gasteiger partial charge >= 0.3 is 0 Å².